The van der Waals surface area contributed by atoms with Gasteiger partial charge in [0.25, 0.3) is 0 Å². The molecule has 0 aromatic heterocycles. The van der Waals surface area contributed by atoms with E-state index < -0.39 is 28.3 Å². The molecule has 2 saturated carbocycles. The second-order valence-electron chi connectivity index (χ2n) is 12.0. The third-order valence-electron chi connectivity index (χ3n) is 9.90. The smallest absolute Gasteiger partial charge is 0.357 e. The third kappa shape index (κ3) is 5.94. The van der Waals surface area contributed by atoms with Crippen molar-refractivity contribution in [1.29, 1.82) is 0 Å². The third-order valence-corrected chi connectivity index (χ3v) is 10.4. The maximum atomic E-state index is 13.2. The first-order valence-corrected chi connectivity index (χ1v) is 15.3. The predicted molar refractivity (Wildman–Crippen MR) is 144 cm³/mol. The summed E-state index contributed by atoms with van der Waals surface area (Å²) in [6.45, 7) is 6.50. The van der Waals surface area contributed by atoms with E-state index in [4.69, 9.17) is 0 Å². The number of aliphatic hydroxyl groups excluding tert-OH is 2. The first-order valence-electron chi connectivity index (χ1n) is 13.9. The van der Waals surface area contributed by atoms with Crippen LogP contribution in [0.3, 0.4) is 0 Å². The van der Waals surface area contributed by atoms with Crippen LogP contribution in [0.4, 0.5) is 18.9 Å². The van der Waals surface area contributed by atoms with Gasteiger partial charge in [-0.05, 0) is 96.8 Å². The van der Waals surface area contributed by atoms with E-state index >= 15 is 0 Å². The highest BCUT2D eigenvalue weighted by Gasteiger charge is 2.63. The Balaban J connectivity index is 1.54. The summed E-state index contributed by atoms with van der Waals surface area (Å²) in [6.07, 6.45) is 5.25. The maximum absolute atomic E-state index is 13.2. The number of hydrogen-bond donors (Lipinski definition) is 4. The fourth-order valence-electron chi connectivity index (χ4n) is 8.27. The molecule has 0 bridgehead atoms. The molecule has 0 heterocycles. The summed E-state index contributed by atoms with van der Waals surface area (Å²) in [5.74, 6) is -1.08. The zero-order valence-corrected chi connectivity index (χ0v) is 23.2. The standard InChI is InChI=1S/C29H40F3NO5S/c1-3-29-15-14-18-16-20(33-39(36,37)38)10-11-21(18)25(29)19(17-28(2)23(29)12-13-24(28)35)8-6-4-5-7-9-22(34)26(30)27(31)32/h3,10-11,16,19,22-25,33-35H,1,4-9,12-15,17H2,2H3,(H,36,37,38)/t19-,22?,23?,24-,25?,28-,29?/m0/s1. The Labute approximate surface area is 229 Å². The second kappa shape index (κ2) is 11.5. The molecule has 7 atom stereocenters. The van der Waals surface area contributed by atoms with Gasteiger partial charge in [-0.2, -0.15) is 17.2 Å². The lowest BCUT2D eigenvalue weighted by atomic mass is 9.44. The SMILES string of the molecule is C=CC12CCc3cc(NS(=O)(=O)O)ccc3C1[C@@H](CCCCCCC(O)C(F)=C(F)F)C[C@@]1(C)C2CC[C@@H]1O. The highest BCUT2D eigenvalue weighted by atomic mass is 32.2. The molecular weight excluding hydrogens is 531 g/mol. The van der Waals surface area contributed by atoms with E-state index in [-0.39, 0.29) is 41.1 Å². The Morgan fingerprint density at radius 2 is 1.92 bits per heavy atom. The van der Waals surface area contributed by atoms with Crippen molar-refractivity contribution < 1.29 is 36.4 Å². The van der Waals surface area contributed by atoms with Crippen LogP contribution in [0.25, 0.3) is 0 Å². The van der Waals surface area contributed by atoms with Crippen molar-refractivity contribution in [2.75, 3.05) is 4.72 Å². The Hall–Kier alpha value is -1.88. The minimum absolute atomic E-state index is 0.0476. The minimum Gasteiger partial charge on any atom is -0.393 e. The molecule has 6 nitrogen and oxygen atoms in total. The Kier molecular flexibility index (Phi) is 8.91. The lowest BCUT2D eigenvalue weighted by molar-refractivity contribution is -0.0812. The number of allylic oxidation sites excluding steroid dienone is 1. The van der Waals surface area contributed by atoms with Crippen molar-refractivity contribution in [3.05, 3.63) is 53.9 Å². The van der Waals surface area contributed by atoms with Crippen LogP contribution in [-0.2, 0) is 16.7 Å². The Morgan fingerprint density at radius 1 is 1.21 bits per heavy atom. The number of rotatable bonds is 11. The normalized spacial score (nSPS) is 32.5. The maximum Gasteiger partial charge on any atom is 0.357 e. The lowest BCUT2D eigenvalue weighted by Gasteiger charge is -2.60. The summed E-state index contributed by atoms with van der Waals surface area (Å²) in [7, 11) is -4.38. The van der Waals surface area contributed by atoms with Crippen LogP contribution < -0.4 is 4.72 Å². The van der Waals surface area contributed by atoms with Crippen LogP contribution in [-0.4, -0.2) is 35.4 Å². The van der Waals surface area contributed by atoms with Crippen molar-refractivity contribution in [3.63, 3.8) is 0 Å². The number of aliphatic hydroxyl groups is 2. The molecule has 0 amide bonds. The number of hydrogen-bond acceptors (Lipinski definition) is 4. The fraction of sp³-hybridized carbons (Fsp3) is 0.655. The quantitative estimate of drug-likeness (QED) is 0.135. The van der Waals surface area contributed by atoms with Crippen LogP contribution in [0.1, 0.15) is 88.2 Å². The van der Waals surface area contributed by atoms with Gasteiger partial charge in [-0.1, -0.05) is 44.7 Å². The van der Waals surface area contributed by atoms with Crippen LogP contribution >= 0.6 is 0 Å². The Bertz CT molecular complexity index is 1200. The number of halogens is 3. The van der Waals surface area contributed by atoms with Crippen molar-refractivity contribution in [2.45, 2.75) is 95.7 Å². The highest BCUT2D eigenvalue weighted by Crippen LogP contribution is 2.69. The summed E-state index contributed by atoms with van der Waals surface area (Å²) in [6, 6.07) is 5.43. The molecule has 3 aliphatic carbocycles. The van der Waals surface area contributed by atoms with Gasteiger partial charge < -0.3 is 10.2 Å². The van der Waals surface area contributed by atoms with Crippen LogP contribution in [0.2, 0.25) is 0 Å². The molecule has 1 aromatic rings. The van der Waals surface area contributed by atoms with Gasteiger partial charge in [0, 0.05) is 0 Å². The fourth-order valence-corrected chi connectivity index (χ4v) is 8.69. The molecule has 0 spiro atoms. The summed E-state index contributed by atoms with van der Waals surface area (Å²) >= 11 is 0. The van der Waals surface area contributed by atoms with E-state index in [9.17, 15) is 36.4 Å². The van der Waals surface area contributed by atoms with Crippen molar-refractivity contribution in [1.82, 2.24) is 0 Å². The van der Waals surface area contributed by atoms with Gasteiger partial charge in [0.05, 0.1) is 11.8 Å². The summed E-state index contributed by atoms with van der Waals surface area (Å²) in [5, 5.41) is 20.6. The topological polar surface area (TPSA) is 107 Å². The van der Waals surface area contributed by atoms with Gasteiger partial charge in [-0.15, -0.1) is 6.58 Å². The summed E-state index contributed by atoms with van der Waals surface area (Å²) < 4.78 is 72.0. The van der Waals surface area contributed by atoms with Crippen molar-refractivity contribution >= 4 is 16.0 Å². The van der Waals surface area contributed by atoms with Crippen LogP contribution in [0.5, 0.6) is 0 Å². The first kappa shape index (κ1) is 30.1. The zero-order valence-electron chi connectivity index (χ0n) is 22.4. The first-order chi connectivity index (χ1) is 18.3. The molecule has 0 aliphatic heterocycles. The molecule has 218 valence electrons. The Morgan fingerprint density at radius 3 is 2.59 bits per heavy atom. The van der Waals surface area contributed by atoms with Gasteiger partial charge in [-0.25, -0.2) is 4.39 Å². The largest absolute Gasteiger partial charge is 0.393 e. The van der Waals surface area contributed by atoms with Crippen molar-refractivity contribution in [3.8, 4) is 0 Å². The van der Waals surface area contributed by atoms with E-state index in [0.717, 1.165) is 62.5 Å². The molecule has 4 rings (SSSR count). The molecule has 3 aliphatic rings. The molecule has 1 aromatic carbocycles. The lowest BCUT2D eigenvalue weighted by Crippen LogP contribution is -2.54. The average molecular weight is 572 g/mol. The number of aryl methyl sites for hydroxylation is 1. The van der Waals surface area contributed by atoms with Gasteiger partial charge >= 0.3 is 16.4 Å². The molecule has 0 saturated heterocycles. The number of fused-ring (bicyclic) bond motifs is 5. The second-order valence-corrected chi connectivity index (χ2v) is 13.2. The molecule has 4 N–H and O–H groups in total. The minimum atomic E-state index is -4.38. The molecular formula is C29H40F3NO5S. The van der Waals surface area contributed by atoms with Gasteiger partial charge in [-0.3, -0.25) is 9.27 Å². The molecule has 2 fully saturated rings. The molecule has 10 heteroatoms. The summed E-state index contributed by atoms with van der Waals surface area (Å²) in [5.41, 5.74) is 2.09. The van der Waals surface area contributed by atoms with E-state index in [2.05, 4.69) is 24.3 Å². The average Bonchev–Trinajstić information content (AvgIpc) is 3.18. The van der Waals surface area contributed by atoms with Crippen LogP contribution in [0, 0.1) is 22.7 Å². The number of nitrogens with one attached hydrogen (secondary N) is 1. The molecule has 0 radical (unpaired) electrons. The number of anilines is 1. The van der Waals surface area contributed by atoms with Gasteiger partial charge in [0.1, 0.15) is 6.10 Å². The number of unbranched alkanes of at least 4 members (excludes halogenated alkanes) is 3. The monoisotopic (exact) mass is 571 g/mol. The van der Waals surface area contributed by atoms with E-state index in [1.165, 1.54) is 0 Å². The zero-order chi connectivity index (χ0) is 28.6. The van der Waals surface area contributed by atoms with Crippen LogP contribution in [0.15, 0.2) is 42.8 Å². The van der Waals surface area contributed by atoms with E-state index in [1.807, 2.05) is 6.07 Å². The summed E-state index contributed by atoms with van der Waals surface area (Å²) in [4.78, 5) is 0. The van der Waals surface area contributed by atoms with Gasteiger partial charge in [0.15, 0.2) is 5.83 Å². The molecule has 4 unspecified atom stereocenters. The highest BCUT2D eigenvalue weighted by molar-refractivity contribution is 7.87. The van der Waals surface area contributed by atoms with Gasteiger partial charge in [0.2, 0.25) is 0 Å². The number of benzene rings is 1. The van der Waals surface area contributed by atoms with E-state index in [1.54, 1.807) is 12.1 Å². The molecule has 39 heavy (non-hydrogen) atoms. The van der Waals surface area contributed by atoms with E-state index in [0.29, 0.717) is 18.5 Å². The van der Waals surface area contributed by atoms with Crippen molar-refractivity contribution in [2.24, 2.45) is 22.7 Å². The predicted octanol–water partition coefficient (Wildman–Crippen LogP) is 6.68.